The number of carbonyl (C=O) groups excluding carboxylic acids is 1. The molecule has 0 aliphatic rings. The van der Waals surface area contributed by atoms with E-state index in [1.807, 2.05) is 19.1 Å². The number of alkyl halides is 1. The lowest BCUT2D eigenvalue weighted by Crippen LogP contribution is -2.33. The molecule has 0 fully saturated rings. The first-order valence-corrected chi connectivity index (χ1v) is 6.17. The minimum absolute atomic E-state index is 0.0375. The summed E-state index contributed by atoms with van der Waals surface area (Å²) >= 11 is 6.63. The Labute approximate surface area is 100 Å². The largest absolute Gasteiger partial charge is 0.349 e. The first kappa shape index (κ1) is 11.7. The van der Waals surface area contributed by atoms with Crippen molar-refractivity contribution in [2.24, 2.45) is 0 Å². The van der Waals surface area contributed by atoms with Gasteiger partial charge in [-0.1, -0.05) is 31.9 Å². The lowest BCUT2D eigenvalue weighted by Gasteiger charge is -2.10. The molecule has 2 nitrogen and oxygen atoms in total. The summed E-state index contributed by atoms with van der Waals surface area (Å²) in [5.41, 5.74) is 0.681. The molecule has 1 aromatic rings. The van der Waals surface area contributed by atoms with Crippen LogP contribution >= 0.6 is 31.9 Å². The van der Waals surface area contributed by atoms with Gasteiger partial charge in [0.25, 0.3) is 5.91 Å². The van der Waals surface area contributed by atoms with E-state index >= 15 is 0 Å². The summed E-state index contributed by atoms with van der Waals surface area (Å²) in [7, 11) is 0. The van der Waals surface area contributed by atoms with Gasteiger partial charge in [-0.05, 0) is 31.2 Å². The summed E-state index contributed by atoms with van der Waals surface area (Å²) in [5, 5.41) is 3.62. The van der Waals surface area contributed by atoms with Gasteiger partial charge in [-0.3, -0.25) is 4.79 Å². The van der Waals surface area contributed by atoms with E-state index < -0.39 is 0 Å². The number of amides is 1. The molecule has 0 spiro atoms. The summed E-state index contributed by atoms with van der Waals surface area (Å²) in [6, 6.07) is 7.44. The van der Waals surface area contributed by atoms with Crippen LogP contribution in [0.5, 0.6) is 0 Å². The number of nitrogens with one attached hydrogen (secondary N) is 1. The predicted molar refractivity (Wildman–Crippen MR) is 64.9 cm³/mol. The number of benzene rings is 1. The van der Waals surface area contributed by atoms with E-state index in [4.69, 9.17) is 0 Å². The van der Waals surface area contributed by atoms with Gasteiger partial charge in [-0.25, -0.2) is 0 Å². The lowest BCUT2D eigenvalue weighted by atomic mass is 10.2. The number of hydrogen-bond acceptors (Lipinski definition) is 1. The van der Waals surface area contributed by atoms with Crippen LogP contribution in [0, 0.1) is 0 Å². The van der Waals surface area contributed by atoms with Crippen LogP contribution in [0.1, 0.15) is 17.3 Å². The highest BCUT2D eigenvalue weighted by Gasteiger charge is 2.07. The predicted octanol–water partition coefficient (Wildman–Crippen LogP) is 2.96. The van der Waals surface area contributed by atoms with E-state index in [1.165, 1.54) is 0 Å². The molecule has 1 rings (SSSR count). The Kier molecular flexibility index (Phi) is 4.62. The Morgan fingerprint density at radius 1 is 1.43 bits per heavy atom. The van der Waals surface area contributed by atoms with Crippen LogP contribution in [0.2, 0.25) is 0 Å². The average Bonchev–Trinajstić information content (AvgIpc) is 2.18. The van der Waals surface area contributed by atoms with Gasteiger partial charge < -0.3 is 5.32 Å². The van der Waals surface area contributed by atoms with Gasteiger partial charge in [0.15, 0.2) is 0 Å². The third-order valence-corrected chi connectivity index (χ3v) is 3.22. The minimum Gasteiger partial charge on any atom is -0.349 e. The Morgan fingerprint density at radius 3 is 2.50 bits per heavy atom. The summed E-state index contributed by atoms with van der Waals surface area (Å²) < 4.78 is 0.975. The number of hydrogen-bond donors (Lipinski definition) is 1. The van der Waals surface area contributed by atoms with Crippen LogP contribution in [-0.2, 0) is 0 Å². The van der Waals surface area contributed by atoms with Crippen LogP contribution < -0.4 is 5.32 Å². The molecule has 14 heavy (non-hydrogen) atoms. The Hall–Kier alpha value is -0.350. The molecule has 0 radical (unpaired) electrons. The zero-order chi connectivity index (χ0) is 10.6. The molecule has 0 aromatic heterocycles. The van der Waals surface area contributed by atoms with E-state index in [2.05, 4.69) is 37.2 Å². The second-order valence-electron chi connectivity index (χ2n) is 3.04. The first-order valence-electron chi connectivity index (χ1n) is 4.26. The summed E-state index contributed by atoms with van der Waals surface area (Å²) in [6.07, 6.45) is 0. The molecular weight excluding hydrogens is 310 g/mol. The SMILES string of the molecule is CC(CBr)NC(=O)c1ccc(Br)cc1. The maximum Gasteiger partial charge on any atom is 0.251 e. The van der Waals surface area contributed by atoms with Crippen LogP contribution in [0.15, 0.2) is 28.7 Å². The lowest BCUT2D eigenvalue weighted by molar-refractivity contribution is 0.0944. The smallest absolute Gasteiger partial charge is 0.251 e. The van der Waals surface area contributed by atoms with Crippen molar-refractivity contribution >= 4 is 37.8 Å². The first-order chi connectivity index (χ1) is 6.63. The average molecular weight is 321 g/mol. The standard InChI is InChI=1S/C10H11Br2NO/c1-7(6-11)13-10(14)8-2-4-9(12)5-3-8/h2-5,7H,6H2,1H3,(H,13,14). The van der Waals surface area contributed by atoms with E-state index in [1.54, 1.807) is 12.1 Å². The zero-order valence-electron chi connectivity index (χ0n) is 7.76. The fourth-order valence-corrected chi connectivity index (χ4v) is 1.37. The monoisotopic (exact) mass is 319 g/mol. The summed E-state index contributed by atoms with van der Waals surface area (Å²) in [6.45, 7) is 1.95. The molecule has 0 saturated carbocycles. The van der Waals surface area contributed by atoms with Crippen molar-refractivity contribution in [3.05, 3.63) is 34.3 Å². The Balaban J connectivity index is 2.65. The molecule has 0 aliphatic heterocycles. The number of carbonyl (C=O) groups is 1. The van der Waals surface area contributed by atoms with Crippen LogP contribution in [0.25, 0.3) is 0 Å². The molecule has 4 heteroatoms. The molecule has 1 amide bonds. The molecule has 0 heterocycles. The Bertz CT molecular complexity index is 310. The molecule has 76 valence electrons. The molecule has 0 aliphatic carbocycles. The van der Waals surface area contributed by atoms with Gasteiger partial charge in [0.1, 0.15) is 0 Å². The van der Waals surface area contributed by atoms with Gasteiger partial charge in [-0.2, -0.15) is 0 Å². The van der Waals surface area contributed by atoms with Gasteiger partial charge in [-0.15, -0.1) is 0 Å². The van der Waals surface area contributed by atoms with Gasteiger partial charge in [0, 0.05) is 21.4 Å². The van der Waals surface area contributed by atoms with E-state index in [0.717, 1.165) is 9.80 Å². The van der Waals surface area contributed by atoms with Crippen molar-refractivity contribution in [2.45, 2.75) is 13.0 Å². The van der Waals surface area contributed by atoms with Crippen molar-refractivity contribution in [1.29, 1.82) is 0 Å². The van der Waals surface area contributed by atoms with Crippen LogP contribution in [0.4, 0.5) is 0 Å². The van der Waals surface area contributed by atoms with Gasteiger partial charge in [0.05, 0.1) is 0 Å². The van der Waals surface area contributed by atoms with E-state index in [-0.39, 0.29) is 11.9 Å². The van der Waals surface area contributed by atoms with Crippen LogP contribution in [-0.4, -0.2) is 17.3 Å². The van der Waals surface area contributed by atoms with Gasteiger partial charge >= 0.3 is 0 Å². The molecular formula is C10H11Br2NO. The molecule has 1 aromatic carbocycles. The van der Waals surface area contributed by atoms with Crippen molar-refractivity contribution in [3.63, 3.8) is 0 Å². The molecule has 1 N–H and O–H groups in total. The second-order valence-corrected chi connectivity index (χ2v) is 4.60. The quantitative estimate of drug-likeness (QED) is 0.852. The van der Waals surface area contributed by atoms with E-state index in [0.29, 0.717) is 5.56 Å². The summed E-state index contributed by atoms with van der Waals surface area (Å²) in [5.74, 6) is -0.0375. The Morgan fingerprint density at radius 2 is 2.00 bits per heavy atom. The summed E-state index contributed by atoms with van der Waals surface area (Å²) in [4.78, 5) is 11.6. The molecule has 1 atom stereocenters. The van der Waals surface area contributed by atoms with Crippen LogP contribution in [0.3, 0.4) is 0 Å². The minimum atomic E-state index is -0.0375. The van der Waals surface area contributed by atoms with Crippen molar-refractivity contribution in [1.82, 2.24) is 5.32 Å². The fourth-order valence-electron chi connectivity index (χ4n) is 0.947. The third-order valence-electron chi connectivity index (χ3n) is 1.72. The van der Waals surface area contributed by atoms with Crippen molar-refractivity contribution in [3.8, 4) is 0 Å². The van der Waals surface area contributed by atoms with E-state index in [9.17, 15) is 4.79 Å². The highest BCUT2D eigenvalue weighted by atomic mass is 79.9. The van der Waals surface area contributed by atoms with Crippen molar-refractivity contribution in [2.75, 3.05) is 5.33 Å². The topological polar surface area (TPSA) is 29.1 Å². The normalized spacial score (nSPS) is 12.2. The third kappa shape index (κ3) is 3.42. The molecule has 0 saturated heterocycles. The molecule has 0 bridgehead atoms. The zero-order valence-corrected chi connectivity index (χ0v) is 10.9. The maximum atomic E-state index is 11.6. The highest BCUT2D eigenvalue weighted by Crippen LogP contribution is 2.10. The second kappa shape index (κ2) is 5.51. The molecule has 1 unspecified atom stereocenters. The number of halogens is 2. The van der Waals surface area contributed by atoms with Crippen molar-refractivity contribution < 1.29 is 4.79 Å². The number of rotatable bonds is 3. The van der Waals surface area contributed by atoms with Gasteiger partial charge in [0.2, 0.25) is 0 Å². The maximum absolute atomic E-state index is 11.6. The highest BCUT2D eigenvalue weighted by molar-refractivity contribution is 9.10. The fraction of sp³-hybridized carbons (Fsp3) is 0.300.